The standard InChI is InChI=1S/C19H22ClNO3/c20-16-10-14-12-6-2-3-7-13(12)19(23)24-18(14)15(17(16)22)11-21-8-4-1-5-9-21/h10,22H,1-9,11H2. The SMILES string of the molecule is O=c1oc2c(CN3CCCCC3)c(O)c(Cl)cc2c2c1CCCC2. The molecule has 5 heteroatoms. The zero-order chi connectivity index (χ0) is 16.7. The third kappa shape index (κ3) is 2.72. The minimum absolute atomic E-state index is 0.0497. The molecular formula is C19H22ClNO3. The molecule has 2 heterocycles. The molecule has 0 atom stereocenters. The molecule has 24 heavy (non-hydrogen) atoms. The molecule has 1 fully saturated rings. The van der Waals surface area contributed by atoms with Crippen molar-refractivity contribution in [1.29, 1.82) is 0 Å². The predicted molar refractivity (Wildman–Crippen MR) is 94.9 cm³/mol. The number of likely N-dealkylation sites (tertiary alicyclic amines) is 1. The zero-order valence-electron chi connectivity index (χ0n) is 13.7. The van der Waals surface area contributed by atoms with Crippen molar-refractivity contribution in [2.75, 3.05) is 13.1 Å². The molecule has 128 valence electrons. The second kappa shape index (κ2) is 6.41. The number of piperidine rings is 1. The molecule has 1 N–H and O–H groups in total. The number of rotatable bonds is 2. The third-order valence-electron chi connectivity index (χ3n) is 5.37. The largest absolute Gasteiger partial charge is 0.506 e. The first-order chi connectivity index (χ1) is 11.6. The van der Waals surface area contributed by atoms with Crippen LogP contribution in [0, 0.1) is 0 Å². The molecule has 1 aromatic carbocycles. The second-order valence-corrected chi connectivity index (χ2v) is 7.36. The summed E-state index contributed by atoms with van der Waals surface area (Å²) in [5, 5.41) is 11.7. The van der Waals surface area contributed by atoms with Crippen LogP contribution in [-0.2, 0) is 19.4 Å². The fourth-order valence-corrected chi connectivity index (χ4v) is 4.31. The summed E-state index contributed by atoms with van der Waals surface area (Å²) in [5.74, 6) is 0.0497. The van der Waals surface area contributed by atoms with Crippen molar-refractivity contribution in [1.82, 2.24) is 4.90 Å². The van der Waals surface area contributed by atoms with Crippen molar-refractivity contribution >= 4 is 22.6 Å². The second-order valence-electron chi connectivity index (χ2n) is 6.95. The van der Waals surface area contributed by atoms with Gasteiger partial charge in [0.25, 0.3) is 0 Å². The molecule has 1 saturated heterocycles. The van der Waals surface area contributed by atoms with Crippen LogP contribution in [0.3, 0.4) is 0 Å². The highest BCUT2D eigenvalue weighted by atomic mass is 35.5. The lowest BCUT2D eigenvalue weighted by Gasteiger charge is -2.27. The van der Waals surface area contributed by atoms with Gasteiger partial charge < -0.3 is 9.52 Å². The van der Waals surface area contributed by atoms with Gasteiger partial charge in [-0.25, -0.2) is 4.79 Å². The highest BCUT2D eigenvalue weighted by Crippen LogP contribution is 2.38. The maximum absolute atomic E-state index is 12.4. The van der Waals surface area contributed by atoms with Crippen molar-refractivity contribution < 1.29 is 9.52 Å². The number of aryl methyl sites for hydroxylation is 1. The lowest BCUT2D eigenvalue weighted by atomic mass is 9.90. The molecule has 0 spiro atoms. The van der Waals surface area contributed by atoms with E-state index in [0.717, 1.165) is 55.3 Å². The number of nitrogens with zero attached hydrogens (tertiary/aromatic N) is 1. The number of phenols is 1. The van der Waals surface area contributed by atoms with Gasteiger partial charge in [0.2, 0.25) is 0 Å². The van der Waals surface area contributed by atoms with E-state index in [9.17, 15) is 9.90 Å². The number of hydrogen-bond acceptors (Lipinski definition) is 4. The summed E-state index contributed by atoms with van der Waals surface area (Å²) in [6, 6.07) is 1.76. The lowest BCUT2D eigenvalue weighted by Crippen LogP contribution is -2.29. The molecule has 0 amide bonds. The normalized spacial score (nSPS) is 18.7. The molecule has 0 radical (unpaired) electrons. The first kappa shape index (κ1) is 16.0. The molecule has 4 nitrogen and oxygen atoms in total. The summed E-state index contributed by atoms with van der Waals surface area (Å²) >= 11 is 6.30. The molecule has 4 rings (SSSR count). The van der Waals surface area contributed by atoms with Crippen molar-refractivity contribution in [2.45, 2.75) is 51.5 Å². The van der Waals surface area contributed by atoms with Gasteiger partial charge in [-0.1, -0.05) is 18.0 Å². The van der Waals surface area contributed by atoms with Gasteiger partial charge in [-0.05, 0) is 63.2 Å². The summed E-state index contributed by atoms with van der Waals surface area (Å²) in [6.07, 6.45) is 7.33. The van der Waals surface area contributed by atoms with Crippen molar-refractivity contribution in [2.24, 2.45) is 0 Å². The smallest absolute Gasteiger partial charge is 0.339 e. The van der Waals surface area contributed by atoms with E-state index in [1.54, 1.807) is 6.07 Å². The topological polar surface area (TPSA) is 53.7 Å². The van der Waals surface area contributed by atoms with Gasteiger partial charge in [-0.3, -0.25) is 4.90 Å². The van der Waals surface area contributed by atoms with Gasteiger partial charge in [0.1, 0.15) is 11.3 Å². The number of halogens is 1. The van der Waals surface area contributed by atoms with Crippen LogP contribution in [0.25, 0.3) is 11.0 Å². The number of phenolic OH excluding ortho intramolecular Hbond substituents is 1. The van der Waals surface area contributed by atoms with Gasteiger partial charge in [0.05, 0.1) is 10.6 Å². The third-order valence-corrected chi connectivity index (χ3v) is 5.65. The van der Waals surface area contributed by atoms with E-state index in [2.05, 4.69) is 4.90 Å². The molecule has 2 aromatic rings. The van der Waals surface area contributed by atoms with Crippen molar-refractivity contribution in [3.8, 4) is 5.75 Å². The summed E-state index contributed by atoms with van der Waals surface area (Å²) in [5.41, 5.74) is 2.78. The van der Waals surface area contributed by atoms with E-state index in [1.807, 2.05) is 0 Å². The Morgan fingerprint density at radius 1 is 1.08 bits per heavy atom. The summed E-state index contributed by atoms with van der Waals surface area (Å²) in [7, 11) is 0. The molecule has 1 aliphatic carbocycles. The van der Waals surface area contributed by atoms with Gasteiger partial charge >= 0.3 is 5.63 Å². The average Bonchev–Trinajstić information content (AvgIpc) is 2.61. The maximum Gasteiger partial charge on any atom is 0.339 e. The van der Waals surface area contributed by atoms with Crippen molar-refractivity contribution in [3.63, 3.8) is 0 Å². The van der Waals surface area contributed by atoms with Crippen LogP contribution in [-0.4, -0.2) is 23.1 Å². The molecule has 0 unspecified atom stereocenters. The molecular weight excluding hydrogens is 326 g/mol. The fraction of sp³-hybridized carbons (Fsp3) is 0.526. The molecule has 0 saturated carbocycles. The number of fused-ring (bicyclic) bond motifs is 3. The first-order valence-corrected chi connectivity index (χ1v) is 9.24. The van der Waals surface area contributed by atoms with Crippen LogP contribution in [0.1, 0.15) is 48.8 Å². The predicted octanol–water partition coefficient (Wildman–Crippen LogP) is 4.02. The van der Waals surface area contributed by atoms with Crippen LogP contribution in [0.15, 0.2) is 15.3 Å². The van der Waals surface area contributed by atoms with E-state index in [1.165, 1.54) is 19.3 Å². The number of aromatic hydroxyl groups is 1. The minimum Gasteiger partial charge on any atom is -0.506 e. The molecule has 0 bridgehead atoms. The number of hydrogen-bond donors (Lipinski definition) is 1. The first-order valence-electron chi connectivity index (χ1n) is 8.86. The Hall–Kier alpha value is -1.52. The minimum atomic E-state index is -0.251. The van der Waals surface area contributed by atoms with E-state index < -0.39 is 0 Å². The van der Waals surface area contributed by atoms with Crippen LogP contribution in [0.4, 0.5) is 0 Å². The number of benzene rings is 1. The maximum atomic E-state index is 12.4. The Balaban J connectivity index is 1.89. The van der Waals surface area contributed by atoms with Crippen LogP contribution in [0.2, 0.25) is 5.02 Å². The average molecular weight is 348 g/mol. The van der Waals surface area contributed by atoms with Crippen LogP contribution in [0.5, 0.6) is 5.75 Å². The van der Waals surface area contributed by atoms with E-state index >= 15 is 0 Å². The van der Waals surface area contributed by atoms with Crippen molar-refractivity contribution in [3.05, 3.63) is 38.2 Å². The Morgan fingerprint density at radius 3 is 2.54 bits per heavy atom. The Bertz CT molecular complexity index is 837. The summed E-state index contributed by atoms with van der Waals surface area (Å²) in [6.45, 7) is 2.58. The van der Waals surface area contributed by atoms with E-state index in [-0.39, 0.29) is 11.4 Å². The van der Waals surface area contributed by atoms with E-state index in [0.29, 0.717) is 22.7 Å². The van der Waals surface area contributed by atoms with Gasteiger partial charge in [-0.2, -0.15) is 0 Å². The molecule has 1 aliphatic heterocycles. The molecule has 1 aromatic heterocycles. The highest BCUT2D eigenvalue weighted by molar-refractivity contribution is 6.33. The zero-order valence-corrected chi connectivity index (χ0v) is 14.5. The van der Waals surface area contributed by atoms with Gasteiger partial charge in [-0.15, -0.1) is 0 Å². The highest BCUT2D eigenvalue weighted by Gasteiger charge is 2.24. The van der Waals surface area contributed by atoms with Crippen LogP contribution < -0.4 is 5.63 Å². The fourth-order valence-electron chi connectivity index (χ4n) is 4.09. The Kier molecular flexibility index (Phi) is 4.27. The van der Waals surface area contributed by atoms with Gasteiger partial charge in [0.15, 0.2) is 0 Å². The molecule has 2 aliphatic rings. The monoisotopic (exact) mass is 347 g/mol. The Morgan fingerprint density at radius 2 is 1.79 bits per heavy atom. The summed E-state index contributed by atoms with van der Waals surface area (Å²) < 4.78 is 5.67. The quantitative estimate of drug-likeness (QED) is 0.834. The van der Waals surface area contributed by atoms with E-state index in [4.69, 9.17) is 16.0 Å². The van der Waals surface area contributed by atoms with Crippen LogP contribution >= 0.6 is 11.6 Å². The van der Waals surface area contributed by atoms with Gasteiger partial charge in [0, 0.05) is 17.5 Å². The summed E-state index contributed by atoms with van der Waals surface area (Å²) in [4.78, 5) is 14.7. The Labute approximate surface area is 146 Å². The lowest BCUT2D eigenvalue weighted by molar-refractivity contribution is 0.218.